The van der Waals surface area contributed by atoms with Crippen molar-refractivity contribution >= 4 is 11.5 Å². The topological polar surface area (TPSA) is 125 Å². The fourth-order valence-electron chi connectivity index (χ4n) is 0.862. The Hall–Kier alpha value is -2.06. The Morgan fingerprint density at radius 1 is 1.50 bits per heavy atom. The summed E-state index contributed by atoms with van der Waals surface area (Å²) in [5.41, 5.74) is -0.307. The van der Waals surface area contributed by atoms with Crippen LogP contribution in [0.15, 0.2) is 5.16 Å². The first-order valence-corrected chi connectivity index (χ1v) is 3.45. The van der Waals surface area contributed by atoms with E-state index in [4.69, 9.17) is 0 Å². The first-order valence-electron chi connectivity index (χ1n) is 3.45. The minimum atomic E-state index is -2.83. The zero-order valence-corrected chi connectivity index (χ0v) is 7.00. The van der Waals surface area contributed by atoms with Gasteiger partial charge in [-0.25, -0.2) is 0 Å². The predicted molar refractivity (Wildman–Crippen MR) is 40.5 cm³/mol. The molecule has 0 saturated carbocycles. The third-order valence-corrected chi connectivity index (χ3v) is 1.68. The highest BCUT2D eigenvalue weighted by molar-refractivity contribution is 6.39. The first-order chi connectivity index (χ1) is 6.40. The summed E-state index contributed by atoms with van der Waals surface area (Å²) in [6, 6.07) is 0. The molecule has 0 bridgehead atoms. The lowest BCUT2D eigenvalue weighted by Crippen LogP contribution is -2.46. The summed E-state index contributed by atoms with van der Waals surface area (Å²) in [6.07, 6.45) is -0.748. The molecule has 76 valence electrons. The fourth-order valence-corrected chi connectivity index (χ4v) is 0.862. The SMILES string of the molecule is CC(=O)C1=NOC([N+](=O)[O-])([N+](=O)[O-])C1. The molecule has 9 nitrogen and oxygen atoms in total. The van der Waals surface area contributed by atoms with Crippen LogP contribution in [-0.2, 0) is 9.63 Å². The highest BCUT2D eigenvalue weighted by atomic mass is 16.8. The fraction of sp³-hybridized carbons (Fsp3) is 0.600. The molecule has 9 heteroatoms. The smallest absolute Gasteiger partial charge is 0.293 e. The van der Waals surface area contributed by atoms with Crippen molar-refractivity contribution in [3.63, 3.8) is 0 Å². The molecule has 0 N–H and O–H groups in total. The van der Waals surface area contributed by atoms with Crippen LogP contribution >= 0.6 is 0 Å². The molecule has 1 aliphatic heterocycles. The van der Waals surface area contributed by atoms with E-state index in [1.54, 1.807) is 0 Å². The summed E-state index contributed by atoms with van der Waals surface area (Å²) in [5.74, 6) is -3.42. The van der Waals surface area contributed by atoms with Crippen molar-refractivity contribution in [1.82, 2.24) is 0 Å². The van der Waals surface area contributed by atoms with E-state index in [1.807, 2.05) is 0 Å². The van der Waals surface area contributed by atoms with Crippen molar-refractivity contribution in [1.29, 1.82) is 0 Å². The lowest BCUT2D eigenvalue weighted by molar-refractivity contribution is -0.846. The standard InChI is InChI=1S/C5H5N3O6/c1-3(9)4-2-5(7(10)11,8(12)13)14-6-4/h2H2,1H3. The van der Waals surface area contributed by atoms with Gasteiger partial charge in [-0.15, -0.1) is 0 Å². The highest BCUT2D eigenvalue weighted by Crippen LogP contribution is 2.25. The van der Waals surface area contributed by atoms with Crippen LogP contribution in [0, 0.1) is 20.2 Å². The maximum atomic E-state index is 10.7. The van der Waals surface area contributed by atoms with E-state index in [0.717, 1.165) is 6.92 Å². The molecule has 1 rings (SSSR count). The third kappa shape index (κ3) is 1.28. The number of ketones is 1. The molecule has 0 aliphatic carbocycles. The van der Waals surface area contributed by atoms with Crippen LogP contribution < -0.4 is 0 Å². The minimum Gasteiger partial charge on any atom is -0.293 e. The van der Waals surface area contributed by atoms with Gasteiger partial charge in [-0.1, -0.05) is 5.16 Å². The second kappa shape index (κ2) is 3.01. The van der Waals surface area contributed by atoms with Gasteiger partial charge in [0.1, 0.15) is 15.6 Å². The number of Topliss-reactive ketones (excluding diaryl/α,β-unsaturated/α-hetero) is 1. The van der Waals surface area contributed by atoms with Gasteiger partial charge in [0.15, 0.2) is 12.2 Å². The summed E-state index contributed by atoms with van der Waals surface area (Å²) in [7, 11) is 0. The predicted octanol–water partition coefficient (Wildman–Crippen LogP) is -0.441. The molecule has 0 radical (unpaired) electrons. The maximum Gasteiger partial charge on any atom is 0.644 e. The first kappa shape index (κ1) is 10.0. The zero-order chi connectivity index (χ0) is 10.9. The quantitative estimate of drug-likeness (QED) is 0.347. The molecule has 0 aromatic carbocycles. The van der Waals surface area contributed by atoms with Crippen LogP contribution in [0.5, 0.6) is 0 Å². The molecule has 0 unspecified atom stereocenters. The van der Waals surface area contributed by atoms with E-state index in [0.29, 0.717) is 0 Å². The second-order valence-electron chi connectivity index (χ2n) is 2.62. The van der Waals surface area contributed by atoms with E-state index in [9.17, 15) is 25.0 Å². The molecule has 1 heterocycles. The molecule has 0 aromatic rings. The average Bonchev–Trinajstić information content (AvgIpc) is 2.48. The normalized spacial score (nSPS) is 18.2. The zero-order valence-electron chi connectivity index (χ0n) is 7.00. The highest BCUT2D eigenvalue weighted by Gasteiger charge is 2.65. The number of rotatable bonds is 3. The summed E-state index contributed by atoms with van der Waals surface area (Å²) in [4.78, 5) is 33.2. The third-order valence-electron chi connectivity index (χ3n) is 1.68. The van der Waals surface area contributed by atoms with Crippen LogP contribution in [0.1, 0.15) is 13.3 Å². The Bertz CT molecular complexity index is 333. The van der Waals surface area contributed by atoms with E-state index in [1.165, 1.54) is 0 Å². The number of carbonyl (C=O) groups is 1. The van der Waals surface area contributed by atoms with Crippen LogP contribution in [0.2, 0.25) is 0 Å². The van der Waals surface area contributed by atoms with E-state index in [2.05, 4.69) is 9.99 Å². The average molecular weight is 203 g/mol. The van der Waals surface area contributed by atoms with Gasteiger partial charge in [-0.05, 0) is 0 Å². The molecule has 1 aliphatic rings. The Kier molecular flexibility index (Phi) is 2.16. The van der Waals surface area contributed by atoms with Gasteiger partial charge in [0.05, 0.1) is 0 Å². The number of nitro groups is 2. The van der Waals surface area contributed by atoms with Gasteiger partial charge in [-0.3, -0.25) is 29.9 Å². The van der Waals surface area contributed by atoms with Crippen molar-refractivity contribution in [2.24, 2.45) is 5.16 Å². The van der Waals surface area contributed by atoms with Crippen molar-refractivity contribution in [3.8, 4) is 0 Å². The molecule has 0 fully saturated rings. The van der Waals surface area contributed by atoms with Crippen LogP contribution in [-0.4, -0.2) is 27.2 Å². The number of hydrogen-bond donors (Lipinski definition) is 0. The molecule has 0 amide bonds. The lowest BCUT2D eigenvalue weighted by atomic mass is 10.1. The van der Waals surface area contributed by atoms with Gasteiger partial charge >= 0.3 is 5.85 Å². The monoisotopic (exact) mass is 203 g/mol. The largest absolute Gasteiger partial charge is 0.644 e. The molecule has 0 atom stereocenters. The minimum absolute atomic E-state index is 0.307. The Morgan fingerprint density at radius 2 is 2.00 bits per heavy atom. The molecule has 0 spiro atoms. The molecule has 0 saturated heterocycles. The Morgan fingerprint density at radius 3 is 2.21 bits per heavy atom. The van der Waals surface area contributed by atoms with E-state index < -0.39 is 27.9 Å². The van der Waals surface area contributed by atoms with Crippen LogP contribution in [0.4, 0.5) is 0 Å². The lowest BCUT2D eigenvalue weighted by Gasteiger charge is -2.06. The van der Waals surface area contributed by atoms with Gasteiger partial charge in [0.25, 0.3) is 0 Å². The van der Waals surface area contributed by atoms with Gasteiger partial charge in [-0.2, -0.15) is 0 Å². The Balaban J connectivity index is 2.96. The number of carbonyl (C=O) groups excluding carboxylic acids is 1. The molecular formula is C5H5N3O6. The van der Waals surface area contributed by atoms with E-state index in [-0.39, 0.29) is 5.71 Å². The molecular weight excluding hydrogens is 198 g/mol. The molecule has 0 aromatic heterocycles. The summed E-state index contributed by atoms with van der Waals surface area (Å²) in [6.45, 7) is 1.10. The van der Waals surface area contributed by atoms with Crippen molar-refractivity contribution in [2.45, 2.75) is 19.2 Å². The van der Waals surface area contributed by atoms with Gasteiger partial charge < -0.3 is 0 Å². The van der Waals surface area contributed by atoms with Gasteiger partial charge in [0.2, 0.25) is 0 Å². The number of hydrogen-bond acceptors (Lipinski definition) is 7. The second-order valence-corrected chi connectivity index (χ2v) is 2.62. The summed E-state index contributed by atoms with van der Waals surface area (Å²) >= 11 is 0. The maximum absolute atomic E-state index is 10.7. The molecule has 14 heavy (non-hydrogen) atoms. The number of nitrogens with zero attached hydrogens (tertiary/aromatic N) is 3. The summed E-state index contributed by atoms with van der Waals surface area (Å²) < 4.78 is 0. The van der Waals surface area contributed by atoms with Crippen molar-refractivity contribution in [3.05, 3.63) is 20.2 Å². The van der Waals surface area contributed by atoms with Crippen molar-refractivity contribution in [2.75, 3.05) is 0 Å². The van der Waals surface area contributed by atoms with Gasteiger partial charge in [0, 0.05) is 6.92 Å². The summed E-state index contributed by atoms with van der Waals surface area (Å²) in [5, 5.41) is 23.8. The van der Waals surface area contributed by atoms with Crippen molar-refractivity contribution < 1.29 is 19.5 Å². The van der Waals surface area contributed by atoms with Crippen LogP contribution in [0.3, 0.4) is 0 Å². The van der Waals surface area contributed by atoms with Crippen LogP contribution in [0.25, 0.3) is 0 Å². The number of oxime groups is 1. The Labute approximate surface area is 76.6 Å². The van der Waals surface area contributed by atoms with E-state index >= 15 is 0 Å².